The number of nitrogens with zero attached hydrogens (tertiary/aromatic N) is 2. The van der Waals surface area contributed by atoms with E-state index >= 15 is 0 Å². The molecule has 0 radical (unpaired) electrons. The van der Waals surface area contributed by atoms with Crippen molar-refractivity contribution >= 4 is 5.91 Å². The SMILES string of the molecule is C/C=C\C(=C/C)NC(=O)CCC1(c2ccc(-c3cccc(C#N)c3)cc2)CCN(C2CCCC2)CC1. The van der Waals surface area contributed by atoms with Crippen molar-refractivity contribution in [1.29, 1.82) is 5.26 Å². The van der Waals surface area contributed by atoms with Gasteiger partial charge in [-0.1, -0.05) is 61.4 Å². The van der Waals surface area contributed by atoms with E-state index in [2.05, 4.69) is 46.6 Å². The molecule has 0 atom stereocenters. The van der Waals surface area contributed by atoms with Gasteiger partial charge in [0.15, 0.2) is 0 Å². The van der Waals surface area contributed by atoms with E-state index in [4.69, 9.17) is 0 Å². The van der Waals surface area contributed by atoms with Gasteiger partial charge in [-0.25, -0.2) is 0 Å². The van der Waals surface area contributed by atoms with Gasteiger partial charge in [0.2, 0.25) is 5.91 Å². The third kappa shape index (κ3) is 6.15. The average molecular weight is 482 g/mol. The molecule has 1 aliphatic heterocycles. The Bertz CT molecular complexity index is 1120. The Morgan fingerprint density at radius 2 is 1.81 bits per heavy atom. The molecule has 0 spiro atoms. The molecule has 2 aromatic carbocycles. The van der Waals surface area contributed by atoms with Gasteiger partial charge in [-0.15, -0.1) is 0 Å². The summed E-state index contributed by atoms with van der Waals surface area (Å²) in [7, 11) is 0. The first-order valence-corrected chi connectivity index (χ1v) is 13.5. The van der Waals surface area contributed by atoms with Gasteiger partial charge in [-0.3, -0.25) is 4.79 Å². The topological polar surface area (TPSA) is 56.1 Å². The number of carbonyl (C=O) groups is 1. The number of piperidine rings is 1. The number of amides is 1. The Kier molecular flexibility index (Phi) is 8.78. The molecule has 1 N–H and O–H groups in total. The van der Waals surface area contributed by atoms with Crippen LogP contribution in [0.4, 0.5) is 0 Å². The zero-order valence-electron chi connectivity index (χ0n) is 21.8. The first-order valence-electron chi connectivity index (χ1n) is 13.5. The zero-order valence-corrected chi connectivity index (χ0v) is 21.8. The van der Waals surface area contributed by atoms with E-state index in [0.717, 1.165) is 55.2 Å². The minimum atomic E-state index is 0.0101. The number of nitrogens with one attached hydrogen (secondary N) is 1. The minimum absolute atomic E-state index is 0.0101. The highest BCUT2D eigenvalue weighted by Crippen LogP contribution is 2.42. The van der Waals surface area contributed by atoms with Gasteiger partial charge in [-0.2, -0.15) is 5.26 Å². The van der Waals surface area contributed by atoms with Crippen LogP contribution in [-0.2, 0) is 10.2 Å². The number of hydrogen-bond acceptors (Lipinski definition) is 3. The maximum Gasteiger partial charge on any atom is 0.224 e. The molecule has 1 saturated carbocycles. The molecule has 1 heterocycles. The smallest absolute Gasteiger partial charge is 0.224 e. The molecule has 0 aromatic heterocycles. The summed E-state index contributed by atoms with van der Waals surface area (Å²) in [5.74, 6) is 0.0868. The molecule has 0 bridgehead atoms. The molecule has 2 fully saturated rings. The first kappa shape index (κ1) is 25.9. The van der Waals surface area contributed by atoms with Gasteiger partial charge in [0.1, 0.15) is 0 Å². The normalized spacial score (nSPS) is 18.9. The lowest BCUT2D eigenvalue weighted by Crippen LogP contribution is -2.46. The third-order valence-electron chi connectivity index (χ3n) is 8.19. The second-order valence-corrected chi connectivity index (χ2v) is 10.3. The van der Waals surface area contributed by atoms with Crippen LogP contribution < -0.4 is 5.32 Å². The Balaban J connectivity index is 1.52. The maximum atomic E-state index is 12.9. The van der Waals surface area contributed by atoms with E-state index in [9.17, 15) is 10.1 Å². The molecule has 4 heteroatoms. The molecule has 2 aliphatic rings. The number of benzene rings is 2. The number of allylic oxidation sites excluding steroid dienone is 3. The largest absolute Gasteiger partial charge is 0.326 e. The predicted molar refractivity (Wildman–Crippen MR) is 147 cm³/mol. The van der Waals surface area contributed by atoms with Gasteiger partial charge in [0.25, 0.3) is 0 Å². The average Bonchev–Trinajstić information content (AvgIpc) is 3.47. The Morgan fingerprint density at radius 1 is 1.08 bits per heavy atom. The summed E-state index contributed by atoms with van der Waals surface area (Å²) in [5.41, 5.74) is 5.06. The lowest BCUT2D eigenvalue weighted by atomic mass is 9.69. The van der Waals surface area contributed by atoms with Crippen LogP contribution in [0.25, 0.3) is 11.1 Å². The Hall–Kier alpha value is -3.16. The number of likely N-dealkylation sites (tertiary alicyclic amines) is 1. The Morgan fingerprint density at radius 3 is 2.44 bits per heavy atom. The Labute approximate surface area is 216 Å². The van der Waals surface area contributed by atoms with E-state index in [0.29, 0.717) is 12.0 Å². The van der Waals surface area contributed by atoms with E-state index < -0.39 is 0 Å². The molecular formula is C32H39N3O. The van der Waals surface area contributed by atoms with Crippen molar-refractivity contribution in [3.63, 3.8) is 0 Å². The summed E-state index contributed by atoms with van der Waals surface area (Å²) in [6, 6.07) is 19.6. The van der Waals surface area contributed by atoms with Crippen LogP contribution in [0.5, 0.6) is 0 Å². The predicted octanol–water partition coefficient (Wildman–Crippen LogP) is 6.88. The highest BCUT2D eigenvalue weighted by Gasteiger charge is 2.38. The maximum absolute atomic E-state index is 12.9. The van der Waals surface area contributed by atoms with Crippen molar-refractivity contribution in [3.8, 4) is 17.2 Å². The lowest BCUT2D eigenvalue weighted by molar-refractivity contribution is -0.120. The van der Waals surface area contributed by atoms with Crippen molar-refractivity contribution < 1.29 is 4.79 Å². The van der Waals surface area contributed by atoms with Crippen molar-refractivity contribution in [2.45, 2.75) is 76.7 Å². The molecule has 4 nitrogen and oxygen atoms in total. The fourth-order valence-corrected chi connectivity index (χ4v) is 6.02. The van der Waals surface area contributed by atoms with Crippen LogP contribution in [0.3, 0.4) is 0 Å². The summed E-state index contributed by atoms with van der Waals surface area (Å²) in [5, 5.41) is 12.3. The van der Waals surface area contributed by atoms with Gasteiger partial charge in [-0.05, 0) is 99.4 Å². The number of rotatable bonds is 8. The van der Waals surface area contributed by atoms with Gasteiger partial charge in [0.05, 0.1) is 11.6 Å². The highest BCUT2D eigenvalue weighted by atomic mass is 16.1. The standard InChI is InChI=1S/C32H39N3O/c1-3-8-29(4-2)34-31(36)17-18-32(19-21-35(22-20-32)30-11-5-6-12-30)28-15-13-26(14-16-28)27-10-7-9-25(23-27)24-33/h3-4,7-10,13-16,23,30H,5-6,11-12,17-22H2,1-2H3,(H,34,36)/b8-3-,29-4+. The van der Waals surface area contributed by atoms with E-state index in [1.165, 1.54) is 31.2 Å². The molecule has 1 saturated heterocycles. The van der Waals surface area contributed by atoms with Crippen molar-refractivity contribution in [2.75, 3.05) is 13.1 Å². The third-order valence-corrected chi connectivity index (χ3v) is 8.19. The minimum Gasteiger partial charge on any atom is -0.326 e. The number of hydrogen-bond donors (Lipinski definition) is 1. The van der Waals surface area contributed by atoms with Crippen LogP contribution in [-0.4, -0.2) is 29.9 Å². The highest BCUT2D eigenvalue weighted by molar-refractivity contribution is 5.78. The second-order valence-electron chi connectivity index (χ2n) is 10.3. The zero-order chi connectivity index (χ0) is 25.4. The molecular weight excluding hydrogens is 442 g/mol. The van der Waals surface area contributed by atoms with E-state index in [1.807, 2.05) is 50.3 Å². The molecule has 1 amide bonds. The van der Waals surface area contributed by atoms with Gasteiger partial charge >= 0.3 is 0 Å². The molecule has 2 aromatic rings. The van der Waals surface area contributed by atoms with E-state index in [-0.39, 0.29) is 11.3 Å². The summed E-state index contributed by atoms with van der Waals surface area (Å²) < 4.78 is 0. The molecule has 36 heavy (non-hydrogen) atoms. The summed E-state index contributed by atoms with van der Waals surface area (Å²) in [6.45, 7) is 6.13. The van der Waals surface area contributed by atoms with Crippen LogP contribution in [0.15, 0.2) is 72.5 Å². The van der Waals surface area contributed by atoms with Crippen LogP contribution in [0.2, 0.25) is 0 Å². The molecule has 4 rings (SSSR count). The first-order chi connectivity index (χ1) is 17.6. The number of carbonyl (C=O) groups excluding carboxylic acids is 1. The quantitative estimate of drug-likeness (QED) is 0.418. The van der Waals surface area contributed by atoms with Gasteiger partial charge in [0, 0.05) is 18.2 Å². The molecule has 0 unspecified atom stereocenters. The summed E-state index contributed by atoms with van der Waals surface area (Å²) in [4.78, 5) is 15.6. The van der Waals surface area contributed by atoms with Gasteiger partial charge < -0.3 is 10.2 Å². The van der Waals surface area contributed by atoms with Crippen LogP contribution in [0.1, 0.15) is 76.3 Å². The van der Waals surface area contributed by atoms with Crippen molar-refractivity contribution in [2.24, 2.45) is 0 Å². The lowest BCUT2D eigenvalue weighted by Gasteiger charge is -2.44. The molecule has 188 valence electrons. The monoisotopic (exact) mass is 481 g/mol. The summed E-state index contributed by atoms with van der Waals surface area (Å²) >= 11 is 0. The van der Waals surface area contributed by atoms with Crippen molar-refractivity contribution in [1.82, 2.24) is 10.2 Å². The van der Waals surface area contributed by atoms with Crippen LogP contribution in [0, 0.1) is 11.3 Å². The fraction of sp³-hybridized carbons (Fsp3) is 0.438. The van der Waals surface area contributed by atoms with E-state index in [1.54, 1.807) is 0 Å². The summed E-state index contributed by atoms with van der Waals surface area (Å²) in [6.07, 6.45) is 14.8. The molecule has 1 aliphatic carbocycles. The van der Waals surface area contributed by atoms with Crippen LogP contribution >= 0.6 is 0 Å². The van der Waals surface area contributed by atoms with Crippen molar-refractivity contribution in [3.05, 3.63) is 83.6 Å². The number of nitriles is 1. The fourth-order valence-electron chi connectivity index (χ4n) is 6.02. The second kappa shape index (κ2) is 12.2.